The molecule has 0 aliphatic carbocycles. The first kappa shape index (κ1) is 11.5. The van der Waals surface area contributed by atoms with Gasteiger partial charge in [0, 0.05) is 0 Å². The molecule has 0 saturated carbocycles. The average Bonchev–Trinajstić information content (AvgIpc) is 2.11. The third kappa shape index (κ3) is 5.17. The van der Waals surface area contributed by atoms with Crippen molar-refractivity contribution in [1.29, 1.82) is 0 Å². The SMILES string of the molecule is C/C=C(\C=C(\C)CC)CCCC. The molecule has 0 radical (unpaired) electrons. The second-order valence-electron chi connectivity index (χ2n) is 3.31. The van der Waals surface area contributed by atoms with Crippen molar-refractivity contribution in [1.82, 2.24) is 0 Å². The maximum absolute atomic E-state index is 2.33. The van der Waals surface area contributed by atoms with Crippen LogP contribution < -0.4 is 0 Å². The second-order valence-corrected chi connectivity index (χ2v) is 3.31. The van der Waals surface area contributed by atoms with Crippen LogP contribution in [0.1, 0.15) is 53.4 Å². The van der Waals surface area contributed by atoms with Crippen LogP contribution in [0.3, 0.4) is 0 Å². The van der Waals surface area contributed by atoms with E-state index in [-0.39, 0.29) is 0 Å². The number of allylic oxidation sites excluding steroid dienone is 4. The molecule has 0 atom stereocenters. The van der Waals surface area contributed by atoms with E-state index in [2.05, 4.69) is 39.8 Å². The molecule has 0 nitrogen and oxygen atoms in total. The van der Waals surface area contributed by atoms with Crippen molar-refractivity contribution in [3.8, 4) is 0 Å². The Morgan fingerprint density at radius 2 is 1.92 bits per heavy atom. The van der Waals surface area contributed by atoms with Gasteiger partial charge < -0.3 is 0 Å². The van der Waals surface area contributed by atoms with Crippen LogP contribution in [0, 0.1) is 0 Å². The fourth-order valence-corrected chi connectivity index (χ4v) is 1.10. The number of hydrogen-bond acceptors (Lipinski definition) is 0. The van der Waals surface area contributed by atoms with E-state index in [9.17, 15) is 0 Å². The molecule has 0 heteroatoms. The topological polar surface area (TPSA) is 0 Å². The van der Waals surface area contributed by atoms with Crippen LogP contribution in [0.15, 0.2) is 23.3 Å². The Bertz CT molecular complexity index is 161. The minimum absolute atomic E-state index is 1.17. The maximum atomic E-state index is 2.33. The van der Waals surface area contributed by atoms with Crippen LogP contribution in [0.2, 0.25) is 0 Å². The molecule has 70 valence electrons. The summed E-state index contributed by atoms with van der Waals surface area (Å²) in [4.78, 5) is 0. The minimum atomic E-state index is 1.17. The quantitative estimate of drug-likeness (QED) is 0.528. The predicted molar refractivity (Wildman–Crippen MR) is 57.3 cm³/mol. The van der Waals surface area contributed by atoms with Gasteiger partial charge in [0.15, 0.2) is 0 Å². The van der Waals surface area contributed by atoms with Crippen molar-refractivity contribution in [2.75, 3.05) is 0 Å². The number of hydrogen-bond donors (Lipinski definition) is 0. The van der Waals surface area contributed by atoms with E-state index >= 15 is 0 Å². The lowest BCUT2D eigenvalue weighted by atomic mass is 10.1. The van der Waals surface area contributed by atoms with Crippen molar-refractivity contribution in [3.63, 3.8) is 0 Å². The molecule has 0 rings (SSSR count). The number of rotatable bonds is 5. The van der Waals surface area contributed by atoms with Crippen LogP contribution in [0.25, 0.3) is 0 Å². The van der Waals surface area contributed by atoms with Gasteiger partial charge in [-0.25, -0.2) is 0 Å². The molecular weight excluding hydrogens is 144 g/mol. The van der Waals surface area contributed by atoms with Gasteiger partial charge in [0.2, 0.25) is 0 Å². The molecule has 0 amide bonds. The monoisotopic (exact) mass is 166 g/mol. The Morgan fingerprint density at radius 1 is 1.25 bits per heavy atom. The summed E-state index contributed by atoms with van der Waals surface area (Å²) in [6, 6.07) is 0. The molecule has 0 spiro atoms. The molecule has 0 aromatic rings. The van der Waals surface area contributed by atoms with Crippen LogP contribution in [-0.4, -0.2) is 0 Å². The van der Waals surface area contributed by atoms with Gasteiger partial charge in [0.1, 0.15) is 0 Å². The molecule has 0 N–H and O–H groups in total. The van der Waals surface area contributed by atoms with Gasteiger partial charge >= 0.3 is 0 Å². The summed E-state index contributed by atoms with van der Waals surface area (Å²) < 4.78 is 0. The predicted octanol–water partition coefficient (Wildman–Crippen LogP) is 4.48. The summed E-state index contributed by atoms with van der Waals surface area (Å²) in [5, 5.41) is 0. The molecule has 0 aromatic carbocycles. The van der Waals surface area contributed by atoms with Crippen molar-refractivity contribution < 1.29 is 0 Å². The number of unbranched alkanes of at least 4 members (excludes halogenated alkanes) is 1. The Morgan fingerprint density at radius 3 is 2.33 bits per heavy atom. The van der Waals surface area contributed by atoms with Gasteiger partial charge in [-0.05, 0) is 33.1 Å². The lowest BCUT2D eigenvalue weighted by Crippen LogP contribution is -1.81. The average molecular weight is 166 g/mol. The summed E-state index contributed by atoms with van der Waals surface area (Å²) >= 11 is 0. The zero-order chi connectivity index (χ0) is 9.40. The fraction of sp³-hybridized carbons (Fsp3) is 0.667. The third-order valence-corrected chi connectivity index (χ3v) is 2.18. The maximum Gasteiger partial charge on any atom is -0.0282 e. The van der Waals surface area contributed by atoms with Crippen LogP contribution in [0.5, 0.6) is 0 Å². The van der Waals surface area contributed by atoms with E-state index < -0.39 is 0 Å². The highest BCUT2D eigenvalue weighted by Crippen LogP contribution is 2.12. The summed E-state index contributed by atoms with van der Waals surface area (Å²) in [6.07, 6.45) is 9.57. The fourth-order valence-electron chi connectivity index (χ4n) is 1.10. The third-order valence-electron chi connectivity index (χ3n) is 2.18. The van der Waals surface area contributed by atoms with Gasteiger partial charge in [-0.2, -0.15) is 0 Å². The molecule has 0 saturated heterocycles. The molecule has 0 aromatic heterocycles. The Balaban J connectivity index is 4.00. The molecule has 0 aliphatic heterocycles. The zero-order valence-corrected chi connectivity index (χ0v) is 8.98. The molecule has 0 bridgehead atoms. The lowest BCUT2D eigenvalue weighted by molar-refractivity contribution is 0.795. The molecule has 12 heavy (non-hydrogen) atoms. The molecule has 0 fully saturated rings. The first-order valence-electron chi connectivity index (χ1n) is 5.06. The zero-order valence-electron chi connectivity index (χ0n) is 8.98. The van der Waals surface area contributed by atoms with E-state index in [1.54, 1.807) is 0 Å². The van der Waals surface area contributed by atoms with Gasteiger partial charge in [-0.3, -0.25) is 0 Å². The second kappa shape index (κ2) is 7.15. The van der Waals surface area contributed by atoms with E-state index in [1.165, 1.54) is 36.8 Å². The Kier molecular flexibility index (Phi) is 6.84. The van der Waals surface area contributed by atoms with Crippen LogP contribution in [0.4, 0.5) is 0 Å². The first-order valence-corrected chi connectivity index (χ1v) is 5.06. The highest BCUT2D eigenvalue weighted by molar-refractivity contribution is 5.21. The van der Waals surface area contributed by atoms with Gasteiger partial charge in [-0.15, -0.1) is 0 Å². The van der Waals surface area contributed by atoms with Crippen molar-refractivity contribution in [2.24, 2.45) is 0 Å². The van der Waals surface area contributed by atoms with E-state index in [1.807, 2.05) is 0 Å². The van der Waals surface area contributed by atoms with Crippen LogP contribution in [-0.2, 0) is 0 Å². The highest BCUT2D eigenvalue weighted by Gasteiger charge is 1.92. The Hall–Kier alpha value is -0.520. The largest absolute Gasteiger partial charge is 0.0844 e. The van der Waals surface area contributed by atoms with E-state index in [4.69, 9.17) is 0 Å². The van der Waals surface area contributed by atoms with Crippen molar-refractivity contribution >= 4 is 0 Å². The molecular formula is C12H22. The summed E-state index contributed by atoms with van der Waals surface area (Å²) in [5.74, 6) is 0. The first-order chi connectivity index (χ1) is 5.74. The normalized spacial score (nSPS) is 13.7. The Labute approximate surface area is 77.4 Å². The van der Waals surface area contributed by atoms with Gasteiger partial charge in [0.25, 0.3) is 0 Å². The van der Waals surface area contributed by atoms with Gasteiger partial charge in [-0.1, -0.05) is 43.6 Å². The standard InChI is InChI=1S/C12H22/c1-5-8-9-12(7-3)10-11(4)6-2/h7,10H,5-6,8-9H2,1-4H3/b11-10-,12-7-. The van der Waals surface area contributed by atoms with Crippen LogP contribution >= 0.6 is 0 Å². The smallest absolute Gasteiger partial charge is 0.0282 e. The van der Waals surface area contributed by atoms with E-state index in [0.29, 0.717) is 0 Å². The van der Waals surface area contributed by atoms with E-state index in [0.717, 1.165) is 0 Å². The highest BCUT2D eigenvalue weighted by atomic mass is 14.0. The summed E-state index contributed by atoms with van der Waals surface area (Å²) in [7, 11) is 0. The van der Waals surface area contributed by atoms with Gasteiger partial charge in [0.05, 0.1) is 0 Å². The lowest BCUT2D eigenvalue weighted by Gasteiger charge is -2.01. The summed E-state index contributed by atoms with van der Waals surface area (Å²) in [6.45, 7) is 8.78. The molecule has 0 unspecified atom stereocenters. The van der Waals surface area contributed by atoms with Crippen molar-refractivity contribution in [3.05, 3.63) is 23.3 Å². The van der Waals surface area contributed by atoms with Crippen molar-refractivity contribution in [2.45, 2.75) is 53.4 Å². The molecule has 0 heterocycles. The minimum Gasteiger partial charge on any atom is -0.0844 e. The summed E-state index contributed by atoms with van der Waals surface area (Å²) in [5.41, 5.74) is 2.98. The molecule has 0 aliphatic rings.